The number of fused-ring (bicyclic) bond motifs is 1. The molecule has 154 valence electrons. The van der Waals surface area contributed by atoms with E-state index in [-0.39, 0.29) is 11.8 Å². The molecule has 1 fully saturated rings. The molecule has 4 rings (SSSR count). The van der Waals surface area contributed by atoms with Crippen LogP contribution in [0.3, 0.4) is 0 Å². The molecule has 1 aliphatic carbocycles. The average Bonchev–Trinajstić information content (AvgIpc) is 3.08. The number of hydrogen-bond donors (Lipinski definition) is 3. The Morgan fingerprint density at radius 3 is 2.66 bits per heavy atom. The predicted octanol–water partition coefficient (Wildman–Crippen LogP) is 3.03. The van der Waals surface area contributed by atoms with Gasteiger partial charge >= 0.3 is 0 Å². The number of nitrogens with one attached hydrogen (secondary N) is 3. The zero-order valence-corrected chi connectivity index (χ0v) is 17.7. The molecule has 0 spiro atoms. The van der Waals surface area contributed by atoms with Crippen LogP contribution in [-0.4, -0.2) is 49.4 Å². The Labute approximate surface area is 175 Å². The molecule has 0 bridgehead atoms. The third-order valence-corrected chi connectivity index (χ3v) is 6.83. The van der Waals surface area contributed by atoms with Crippen LogP contribution in [-0.2, 0) is 17.6 Å². The summed E-state index contributed by atoms with van der Waals surface area (Å²) in [6, 6.07) is 7.77. The Balaban J connectivity index is 1.55. The Morgan fingerprint density at radius 1 is 1.10 bits per heavy atom. The van der Waals surface area contributed by atoms with Gasteiger partial charge in [-0.25, -0.2) is 0 Å². The van der Waals surface area contributed by atoms with Crippen molar-refractivity contribution in [2.45, 2.75) is 32.6 Å². The molecule has 1 aromatic carbocycles. The summed E-state index contributed by atoms with van der Waals surface area (Å²) >= 11 is 1.57. The van der Waals surface area contributed by atoms with E-state index in [1.165, 1.54) is 4.88 Å². The highest BCUT2D eigenvalue weighted by molar-refractivity contribution is 7.17. The Bertz CT molecular complexity index is 902. The maximum absolute atomic E-state index is 13.2. The fourth-order valence-electron chi connectivity index (χ4n) is 4.03. The Morgan fingerprint density at radius 2 is 1.86 bits per heavy atom. The van der Waals surface area contributed by atoms with Crippen molar-refractivity contribution in [2.75, 3.05) is 43.4 Å². The molecule has 2 amide bonds. The van der Waals surface area contributed by atoms with Crippen LogP contribution >= 0.6 is 11.3 Å². The van der Waals surface area contributed by atoms with Crippen LogP contribution in [0, 0.1) is 6.92 Å². The molecule has 2 heterocycles. The van der Waals surface area contributed by atoms with Gasteiger partial charge < -0.3 is 16.0 Å². The first-order valence-corrected chi connectivity index (χ1v) is 11.2. The maximum Gasteiger partial charge on any atom is 0.258 e. The first-order chi connectivity index (χ1) is 14.1. The molecule has 1 saturated heterocycles. The summed E-state index contributed by atoms with van der Waals surface area (Å²) in [5.41, 5.74) is 3.60. The lowest BCUT2D eigenvalue weighted by Gasteiger charge is -2.26. The lowest BCUT2D eigenvalue weighted by molar-refractivity contribution is -0.117. The normalized spacial score (nSPS) is 16.9. The van der Waals surface area contributed by atoms with Gasteiger partial charge in [-0.3, -0.25) is 14.5 Å². The molecule has 1 aromatic heterocycles. The minimum atomic E-state index is -0.129. The van der Waals surface area contributed by atoms with Gasteiger partial charge in [0.1, 0.15) is 5.00 Å². The molecule has 29 heavy (non-hydrogen) atoms. The van der Waals surface area contributed by atoms with E-state index in [0.717, 1.165) is 68.7 Å². The van der Waals surface area contributed by atoms with E-state index >= 15 is 0 Å². The van der Waals surface area contributed by atoms with Crippen molar-refractivity contribution in [3.8, 4) is 0 Å². The molecular formula is C22H28N4O2S. The predicted molar refractivity (Wildman–Crippen MR) is 118 cm³/mol. The minimum Gasteiger partial charge on any atom is -0.322 e. The average molecular weight is 413 g/mol. The van der Waals surface area contributed by atoms with E-state index in [1.54, 1.807) is 11.3 Å². The standard InChI is InChI=1S/C22H28N4O2S/c1-15-6-2-4-8-17(15)24-21(28)20-16-7-3-5-9-18(16)29-22(20)25-19(27)14-26-12-10-23-11-13-26/h2,4,6,8,23H,3,5,7,9-14H2,1H3,(H,24,28)(H,25,27). The molecule has 2 aromatic rings. The molecule has 7 heteroatoms. The first kappa shape index (κ1) is 20.1. The lowest BCUT2D eigenvalue weighted by Crippen LogP contribution is -2.46. The zero-order valence-electron chi connectivity index (χ0n) is 16.8. The first-order valence-electron chi connectivity index (χ1n) is 10.4. The van der Waals surface area contributed by atoms with Crippen molar-refractivity contribution in [1.29, 1.82) is 0 Å². The van der Waals surface area contributed by atoms with Gasteiger partial charge in [-0.05, 0) is 49.8 Å². The fraction of sp³-hybridized carbons (Fsp3) is 0.455. The maximum atomic E-state index is 13.2. The highest BCUT2D eigenvalue weighted by atomic mass is 32.1. The minimum absolute atomic E-state index is 0.0459. The second kappa shape index (κ2) is 9.07. The number of carbonyl (C=O) groups excluding carboxylic acids is 2. The quantitative estimate of drug-likeness (QED) is 0.706. The summed E-state index contributed by atoms with van der Waals surface area (Å²) in [5.74, 6) is -0.174. The number of rotatable bonds is 5. The number of anilines is 2. The smallest absolute Gasteiger partial charge is 0.258 e. The van der Waals surface area contributed by atoms with Crippen LogP contribution < -0.4 is 16.0 Å². The number of para-hydroxylation sites is 1. The number of amides is 2. The van der Waals surface area contributed by atoms with E-state index < -0.39 is 0 Å². The molecule has 1 aliphatic heterocycles. The van der Waals surface area contributed by atoms with Gasteiger partial charge in [-0.1, -0.05) is 18.2 Å². The van der Waals surface area contributed by atoms with Crippen LogP contribution in [0.15, 0.2) is 24.3 Å². The van der Waals surface area contributed by atoms with Crippen molar-refractivity contribution in [3.63, 3.8) is 0 Å². The van der Waals surface area contributed by atoms with Crippen molar-refractivity contribution >= 4 is 33.8 Å². The van der Waals surface area contributed by atoms with Gasteiger partial charge in [0, 0.05) is 36.7 Å². The van der Waals surface area contributed by atoms with Gasteiger partial charge in [0.2, 0.25) is 5.91 Å². The van der Waals surface area contributed by atoms with Crippen LogP contribution in [0.2, 0.25) is 0 Å². The molecule has 3 N–H and O–H groups in total. The van der Waals surface area contributed by atoms with Crippen molar-refractivity contribution in [2.24, 2.45) is 0 Å². The van der Waals surface area contributed by atoms with E-state index in [0.29, 0.717) is 17.1 Å². The number of thiophene rings is 1. The van der Waals surface area contributed by atoms with E-state index in [2.05, 4.69) is 20.9 Å². The largest absolute Gasteiger partial charge is 0.322 e. The van der Waals surface area contributed by atoms with Crippen LogP contribution in [0.1, 0.15) is 39.2 Å². The highest BCUT2D eigenvalue weighted by Gasteiger charge is 2.27. The second-order valence-electron chi connectivity index (χ2n) is 7.76. The monoisotopic (exact) mass is 412 g/mol. The van der Waals surface area contributed by atoms with Crippen molar-refractivity contribution in [3.05, 3.63) is 45.8 Å². The van der Waals surface area contributed by atoms with Gasteiger partial charge in [0.15, 0.2) is 0 Å². The third-order valence-electron chi connectivity index (χ3n) is 5.62. The lowest BCUT2D eigenvalue weighted by atomic mass is 9.95. The van der Waals surface area contributed by atoms with E-state index in [1.807, 2.05) is 31.2 Å². The van der Waals surface area contributed by atoms with Crippen molar-refractivity contribution in [1.82, 2.24) is 10.2 Å². The number of carbonyl (C=O) groups is 2. The van der Waals surface area contributed by atoms with Gasteiger partial charge in [0.25, 0.3) is 5.91 Å². The van der Waals surface area contributed by atoms with Gasteiger partial charge in [-0.2, -0.15) is 0 Å². The number of benzene rings is 1. The molecule has 0 atom stereocenters. The second-order valence-corrected chi connectivity index (χ2v) is 8.86. The molecule has 0 unspecified atom stereocenters. The van der Waals surface area contributed by atoms with E-state index in [4.69, 9.17) is 0 Å². The highest BCUT2D eigenvalue weighted by Crippen LogP contribution is 2.38. The number of hydrogen-bond acceptors (Lipinski definition) is 5. The summed E-state index contributed by atoms with van der Waals surface area (Å²) in [4.78, 5) is 29.3. The number of aryl methyl sites for hydroxylation is 2. The molecule has 0 saturated carbocycles. The van der Waals surface area contributed by atoms with Gasteiger partial charge in [-0.15, -0.1) is 11.3 Å². The summed E-state index contributed by atoms with van der Waals surface area (Å²) in [7, 11) is 0. The van der Waals surface area contributed by atoms with E-state index in [9.17, 15) is 9.59 Å². The summed E-state index contributed by atoms with van der Waals surface area (Å²) in [6.07, 6.45) is 4.11. The fourth-order valence-corrected chi connectivity index (χ4v) is 5.33. The SMILES string of the molecule is Cc1ccccc1NC(=O)c1c(NC(=O)CN2CCNCC2)sc2c1CCCC2. The molecular weight excluding hydrogens is 384 g/mol. The number of nitrogens with zero attached hydrogens (tertiary/aromatic N) is 1. The third kappa shape index (κ3) is 4.69. The Hall–Kier alpha value is -2.22. The van der Waals surface area contributed by atoms with Crippen LogP contribution in [0.5, 0.6) is 0 Å². The molecule has 0 radical (unpaired) electrons. The van der Waals surface area contributed by atoms with Crippen molar-refractivity contribution < 1.29 is 9.59 Å². The molecule has 2 aliphatic rings. The summed E-state index contributed by atoms with van der Waals surface area (Å²) in [6.45, 7) is 5.90. The topological polar surface area (TPSA) is 73.5 Å². The summed E-state index contributed by atoms with van der Waals surface area (Å²) < 4.78 is 0. The molecule has 6 nitrogen and oxygen atoms in total. The summed E-state index contributed by atoms with van der Waals surface area (Å²) in [5, 5.41) is 10.1. The zero-order chi connectivity index (χ0) is 20.2. The van der Waals surface area contributed by atoms with Crippen LogP contribution in [0.25, 0.3) is 0 Å². The van der Waals surface area contributed by atoms with Gasteiger partial charge in [0.05, 0.1) is 12.1 Å². The Kier molecular flexibility index (Phi) is 6.28. The van der Waals surface area contributed by atoms with Crippen LogP contribution in [0.4, 0.5) is 10.7 Å². The number of piperazine rings is 1.